The zero-order chi connectivity index (χ0) is 15.5. The van der Waals surface area contributed by atoms with E-state index < -0.39 is 12.0 Å². The van der Waals surface area contributed by atoms with Crippen molar-refractivity contribution in [3.8, 4) is 0 Å². The average Bonchev–Trinajstić information content (AvgIpc) is 2.84. The summed E-state index contributed by atoms with van der Waals surface area (Å²) in [5, 5.41) is 12.5. The molecule has 5 heteroatoms. The van der Waals surface area contributed by atoms with Crippen molar-refractivity contribution in [1.29, 1.82) is 0 Å². The first kappa shape index (κ1) is 15.9. The summed E-state index contributed by atoms with van der Waals surface area (Å²) < 4.78 is 1.14. The van der Waals surface area contributed by atoms with Crippen molar-refractivity contribution in [1.82, 2.24) is 10.3 Å². The number of hydrogen-bond donors (Lipinski definition) is 2. The highest BCUT2D eigenvalue weighted by atomic mass is 32.1. The Balaban J connectivity index is 1.95. The van der Waals surface area contributed by atoms with Crippen LogP contribution in [0.1, 0.15) is 39.2 Å². The van der Waals surface area contributed by atoms with Crippen LogP contribution in [0.15, 0.2) is 23.7 Å². The molecule has 0 radical (unpaired) electrons. The third-order valence-electron chi connectivity index (χ3n) is 3.43. The molecule has 0 aliphatic rings. The van der Waals surface area contributed by atoms with Crippen LogP contribution in [0.5, 0.6) is 0 Å². The molecule has 1 heterocycles. The number of fused-ring (bicyclic) bond motifs is 1. The summed E-state index contributed by atoms with van der Waals surface area (Å²) >= 11 is 1.60. The Morgan fingerprint density at radius 3 is 2.86 bits per heavy atom. The second kappa shape index (κ2) is 6.54. The summed E-state index contributed by atoms with van der Waals surface area (Å²) in [7, 11) is 0. The summed E-state index contributed by atoms with van der Waals surface area (Å²) in [5.41, 5.74) is 4.06. The van der Waals surface area contributed by atoms with E-state index in [1.807, 2.05) is 17.6 Å². The molecule has 114 valence electrons. The van der Waals surface area contributed by atoms with E-state index >= 15 is 0 Å². The predicted molar refractivity (Wildman–Crippen MR) is 86.6 cm³/mol. The number of nitrogens with zero attached hydrogens (tertiary/aromatic N) is 1. The van der Waals surface area contributed by atoms with E-state index in [2.05, 4.69) is 37.1 Å². The molecular formula is C16H22N2O2S. The average molecular weight is 306 g/mol. The third-order valence-corrected chi connectivity index (χ3v) is 4.22. The summed E-state index contributed by atoms with van der Waals surface area (Å²) in [6.07, 6.45) is 1.52. The van der Waals surface area contributed by atoms with Crippen molar-refractivity contribution in [3.05, 3.63) is 29.3 Å². The van der Waals surface area contributed by atoms with Crippen LogP contribution in [-0.4, -0.2) is 22.1 Å². The van der Waals surface area contributed by atoms with Crippen LogP contribution in [0, 0.1) is 5.41 Å². The van der Waals surface area contributed by atoms with Gasteiger partial charge < -0.3 is 10.4 Å². The Morgan fingerprint density at radius 2 is 2.19 bits per heavy atom. The lowest BCUT2D eigenvalue weighted by molar-refractivity contribution is -0.139. The van der Waals surface area contributed by atoms with Crippen LogP contribution >= 0.6 is 11.3 Å². The fourth-order valence-electron chi connectivity index (χ4n) is 2.14. The fraction of sp³-hybridized carbons (Fsp3) is 0.500. The Morgan fingerprint density at radius 1 is 1.43 bits per heavy atom. The minimum absolute atomic E-state index is 0.150. The van der Waals surface area contributed by atoms with Crippen molar-refractivity contribution in [2.75, 3.05) is 0 Å². The normalized spacial score (nSPS) is 13.5. The maximum absolute atomic E-state index is 11.3. The number of aromatic nitrogens is 1. The molecule has 1 aromatic carbocycles. The predicted octanol–water partition coefficient (Wildman–Crippen LogP) is 3.67. The van der Waals surface area contributed by atoms with Crippen LogP contribution in [0.25, 0.3) is 10.2 Å². The Kier molecular flexibility index (Phi) is 4.96. The number of nitrogens with one attached hydrogen (secondary N) is 1. The van der Waals surface area contributed by atoms with Gasteiger partial charge >= 0.3 is 5.97 Å². The second-order valence-corrected chi connectivity index (χ2v) is 7.41. The van der Waals surface area contributed by atoms with Gasteiger partial charge in [-0.2, -0.15) is 0 Å². The number of carboxylic acid groups (broad SMARTS) is 1. The summed E-state index contributed by atoms with van der Waals surface area (Å²) in [5.74, 6) is -0.780. The monoisotopic (exact) mass is 306 g/mol. The van der Waals surface area contributed by atoms with Crippen LogP contribution in [-0.2, 0) is 11.3 Å². The number of benzene rings is 1. The molecule has 0 aliphatic heterocycles. The molecule has 0 spiro atoms. The van der Waals surface area contributed by atoms with E-state index in [4.69, 9.17) is 0 Å². The molecule has 1 atom stereocenters. The maximum Gasteiger partial charge on any atom is 0.320 e. The molecule has 0 saturated carbocycles. The van der Waals surface area contributed by atoms with Gasteiger partial charge in [0.05, 0.1) is 15.7 Å². The summed E-state index contributed by atoms with van der Waals surface area (Å²) in [6.45, 7) is 6.95. The van der Waals surface area contributed by atoms with E-state index in [0.29, 0.717) is 13.0 Å². The van der Waals surface area contributed by atoms with E-state index in [-0.39, 0.29) is 5.41 Å². The van der Waals surface area contributed by atoms with Crippen molar-refractivity contribution in [3.63, 3.8) is 0 Å². The highest BCUT2D eigenvalue weighted by molar-refractivity contribution is 7.16. The molecule has 0 fully saturated rings. The first-order valence-electron chi connectivity index (χ1n) is 7.13. The van der Waals surface area contributed by atoms with Crippen molar-refractivity contribution in [2.45, 2.75) is 46.2 Å². The van der Waals surface area contributed by atoms with Gasteiger partial charge in [-0.05, 0) is 36.0 Å². The van der Waals surface area contributed by atoms with E-state index in [0.717, 1.165) is 22.2 Å². The van der Waals surface area contributed by atoms with Crippen LogP contribution < -0.4 is 5.32 Å². The van der Waals surface area contributed by atoms with Gasteiger partial charge in [0.2, 0.25) is 0 Å². The molecule has 2 aromatic rings. The lowest BCUT2D eigenvalue weighted by Crippen LogP contribution is -2.36. The Hall–Kier alpha value is -1.46. The van der Waals surface area contributed by atoms with Gasteiger partial charge in [0, 0.05) is 6.54 Å². The lowest BCUT2D eigenvalue weighted by atomic mass is 9.88. The zero-order valence-electron chi connectivity index (χ0n) is 12.7. The van der Waals surface area contributed by atoms with Crippen molar-refractivity contribution in [2.24, 2.45) is 5.41 Å². The SMILES string of the molecule is CC(C)(C)CCC(NCc1ccc2ncsc2c1)C(=O)O. The zero-order valence-corrected chi connectivity index (χ0v) is 13.5. The van der Waals surface area contributed by atoms with Crippen molar-refractivity contribution >= 4 is 27.5 Å². The number of carboxylic acids is 1. The minimum atomic E-state index is -0.780. The molecule has 1 unspecified atom stereocenters. The van der Waals surface area contributed by atoms with Gasteiger partial charge in [-0.25, -0.2) is 4.98 Å². The van der Waals surface area contributed by atoms with Gasteiger partial charge in [0.25, 0.3) is 0 Å². The first-order chi connectivity index (χ1) is 9.85. The van der Waals surface area contributed by atoms with E-state index in [1.165, 1.54) is 0 Å². The maximum atomic E-state index is 11.3. The first-order valence-corrected chi connectivity index (χ1v) is 8.01. The van der Waals surface area contributed by atoms with E-state index in [1.54, 1.807) is 11.3 Å². The molecule has 0 saturated heterocycles. The van der Waals surface area contributed by atoms with Gasteiger partial charge in [0.15, 0.2) is 0 Å². The number of aliphatic carboxylic acids is 1. The van der Waals surface area contributed by atoms with E-state index in [9.17, 15) is 9.90 Å². The number of hydrogen-bond acceptors (Lipinski definition) is 4. The molecule has 4 nitrogen and oxygen atoms in total. The Bertz CT molecular complexity index is 616. The third kappa shape index (κ3) is 4.79. The number of thiazole rings is 1. The van der Waals surface area contributed by atoms with Gasteiger partial charge in [-0.3, -0.25) is 4.79 Å². The van der Waals surface area contributed by atoms with Gasteiger partial charge in [-0.1, -0.05) is 26.8 Å². The van der Waals surface area contributed by atoms with Crippen LogP contribution in [0.3, 0.4) is 0 Å². The summed E-state index contributed by atoms with van der Waals surface area (Å²) in [6, 6.07) is 5.55. The lowest BCUT2D eigenvalue weighted by Gasteiger charge is -2.21. The largest absolute Gasteiger partial charge is 0.480 e. The molecule has 2 N–H and O–H groups in total. The number of carbonyl (C=O) groups is 1. The van der Waals surface area contributed by atoms with Gasteiger partial charge in [-0.15, -0.1) is 11.3 Å². The molecule has 0 amide bonds. The fourth-order valence-corrected chi connectivity index (χ4v) is 2.88. The Labute approximate surface area is 129 Å². The standard InChI is InChI=1S/C16H22N2O2S/c1-16(2,3)7-6-13(15(19)20)17-9-11-4-5-12-14(8-11)21-10-18-12/h4-5,8,10,13,17H,6-7,9H2,1-3H3,(H,19,20). The quantitative estimate of drug-likeness (QED) is 0.855. The molecular weight excluding hydrogens is 284 g/mol. The van der Waals surface area contributed by atoms with Gasteiger partial charge in [0.1, 0.15) is 6.04 Å². The molecule has 0 bridgehead atoms. The molecule has 0 aliphatic carbocycles. The van der Waals surface area contributed by atoms with Crippen LogP contribution in [0.4, 0.5) is 0 Å². The summed E-state index contributed by atoms with van der Waals surface area (Å²) in [4.78, 5) is 15.6. The van der Waals surface area contributed by atoms with Crippen molar-refractivity contribution < 1.29 is 9.90 Å². The highest BCUT2D eigenvalue weighted by Crippen LogP contribution is 2.22. The number of rotatable bonds is 6. The highest BCUT2D eigenvalue weighted by Gasteiger charge is 2.20. The van der Waals surface area contributed by atoms with Crippen LogP contribution in [0.2, 0.25) is 0 Å². The minimum Gasteiger partial charge on any atom is -0.480 e. The molecule has 1 aromatic heterocycles. The smallest absolute Gasteiger partial charge is 0.320 e. The molecule has 21 heavy (non-hydrogen) atoms. The second-order valence-electron chi connectivity index (χ2n) is 6.53. The topological polar surface area (TPSA) is 62.2 Å². The molecule has 2 rings (SSSR count).